The first-order valence-corrected chi connectivity index (χ1v) is 12.3. The lowest BCUT2D eigenvalue weighted by Gasteiger charge is -2.23. The first-order chi connectivity index (χ1) is 17.6. The number of halogens is 3. The van der Waals surface area contributed by atoms with Crippen LogP contribution in [-0.2, 0) is 20.7 Å². The highest BCUT2D eigenvalue weighted by Crippen LogP contribution is 2.19. The quantitative estimate of drug-likeness (QED) is 0.287. The molecule has 1 N–H and O–H groups in total. The molecule has 0 heterocycles. The summed E-state index contributed by atoms with van der Waals surface area (Å²) in [6, 6.07) is 13.1. The number of aliphatic carboxylic acids is 1. The molecule has 8 nitrogen and oxygen atoms in total. The van der Waals surface area contributed by atoms with Gasteiger partial charge in [0.25, 0.3) is 5.92 Å². The van der Waals surface area contributed by atoms with E-state index in [0.717, 1.165) is 5.56 Å². The van der Waals surface area contributed by atoms with E-state index in [-0.39, 0.29) is 44.9 Å². The third kappa shape index (κ3) is 11.3. The molecule has 0 fully saturated rings. The Morgan fingerprint density at radius 3 is 2.22 bits per heavy atom. The number of rotatable bonds is 16. The number of benzene rings is 2. The molecule has 0 bridgehead atoms. The average Bonchev–Trinajstić information content (AvgIpc) is 2.87. The lowest BCUT2D eigenvalue weighted by Crippen LogP contribution is -2.39. The minimum absolute atomic E-state index is 0.0164. The molecular formula is C26H32ClF2NO7. The van der Waals surface area contributed by atoms with Crippen LogP contribution in [0.2, 0.25) is 5.02 Å². The van der Waals surface area contributed by atoms with Gasteiger partial charge >= 0.3 is 12.1 Å². The van der Waals surface area contributed by atoms with Crippen LogP contribution >= 0.6 is 11.6 Å². The van der Waals surface area contributed by atoms with Crippen molar-refractivity contribution < 1.29 is 42.4 Å². The van der Waals surface area contributed by atoms with Gasteiger partial charge in [-0.2, -0.15) is 0 Å². The number of carbonyl (C=O) groups excluding carboxylic acids is 1. The van der Waals surface area contributed by atoms with E-state index in [0.29, 0.717) is 17.4 Å². The predicted octanol–water partition coefficient (Wildman–Crippen LogP) is 5.31. The van der Waals surface area contributed by atoms with Gasteiger partial charge < -0.3 is 29.0 Å². The van der Waals surface area contributed by atoms with Crippen molar-refractivity contribution in [1.29, 1.82) is 0 Å². The van der Waals surface area contributed by atoms with Crippen molar-refractivity contribution in [3.63, 3.8) is 0 Å². The molecule has 2 rings (SSSR count). The van der Waals surface area contributed by atoms with E-state index < -0.39 is 30.7 Å². The van der Waals surface area contributed by atoms with Crippen molar-refractivity contribution in [2.45, 2.75) is 38.7 Å². The van der Waals surface area contributed by atoms with Gasteiger partial charge in [0.15, 0.2) is 6.10 Å². The summed E-state index contributed by atoms with van der Waals surface area (Å²) in [5.41, 5.74) is 0.766. The Kier molecular flexibility index (Phi) is 12.5. The fourth-order valence-corrected chi connectivity index (χ4v) is 3.21. The second-order valence-electron chi connectivity index (χ2n) is 8.05. The molecule has 0 aliphatic heterocycles. The largest absolute Gasteiger partial charge is 0.492 e. The Morgan fingerprint density at radius 2 is 1.62 bits per heavy atom. The molecule has 0 saturated heterocycles. The zero-order valence-corrected chi connectivity index (χ0v) is 21.6. The van der Waals surface area contributed by atoms with Gasteiger partial charge in [0, 0.05) is 31.0 Å². The summed E-state index contributed by atoms with van der Waals surface area (Å²) < 4.78 is 48.2. The molecule has 0 radical (unpaired) electrons. The van der Waals surface area contributed by atoms with Crippen LogP contribution in [-0.4, -0.2) is 73.6 Å². The molecule has 37 heavy (non-hydrogen) atoms. The van der Waals surface area contributed by atoms with E-state index in [1.807, 2.05) is 0 Å². The van der Waals surface area contributed by atoms with Gasteiger partial charge in [-0.1, -0.05) is 30.7 Å². The fourth-order valence-electron chi connectivity index (χ4n) is 3.09. The summed E-state index contributed by atoms with van der Waals surface area (Å²) in [7, 11) is 0. The highest BCUT2D eigenvalue weighted by molar-refractivity contribution is 6.30. The van der Waals surface area contributed by atoms with Gasteiger partial charge in [-0.25, -0.2) is 18.4 Å². The van der Waals surface area contributed by atoms with Crippen LogP contribution in [0.5, 0.6) is 11.5 Å². The number of amides is 1. The molecule has 2 aromatic carbocycles. The van der Waals surface area contributed by atoms with E-state index in [1.165, 1.54) is 24.0 Å². The number of carboxylic acids is 1. The van der Waals surface area contributed by atoms with E-state index >= 15 is 0 Å². The van der Waals surface area contributed by atoms with Crippen molar-refractivity contribution >= 4 is 23.7 Å². The minimum Gasteiger partial charge on any atom is -0.492 e. The maximum Gasteiger partial charge on any atom is 0.415 e. The zero-order chi connectivity index (χ0) is 27.3. The fraction of sp³-hybridized carbons (Fsp3) is 0.462. The maximum absolute atomic E-state index is 13.4. The Hall–Kier alpha value is -2.95. The van der Waals surface area contributed by atoms with Crippen molar-refractivity contribution in [3.05, 3.63) is 59.1 Å². The van der Waals surface area contributed by atoms with Gasteiger partial charge in [0.1, 0.15) is 24.7 Å². The monoisotopic (exact) mass is 543 g/mol. The van der Waals surface area contributed by atoms with Gasteiger partial charge in [0.05, 0.1) is 13.2 Å². The number of hydrogen-bond acceptors (Lipinski definition) is 6. The Balaban J connectivity index is 1.93. The molecule has 1 atom stereocenters. The maximum atomic E-state index is 13.4. The zero-order valence-electron chi connectivity index (χ0n) is 20.8. The van der Waals surface area contributed by atoms with E-state index in [9.17, 15) is 23.5 Å². The molecule has 11 heteroatoms. The van der Waals surface area contributed by atoms with Crippen molar-refractivity contribution in [2.75, 3.05) is 39.5 Å². The number of carbonyl (C=O) groups is 2. The van der Waals surface area contributed by atoms with E-state index in [1.54, 1.807) is 43.3 Å². The Morgan fingerprint density at radius 1 is 1.00 bits per heavy atom. The predicted molar refractivity (Wildman–Crippen MR) is 134 cm³/mol. The second-order valence-corrected chi connectivity index (χ2v) is 8.49. The third-order valence-electron chi connectivity index (χ3n) is 5.23. The number of ether oxygens (including phenoxy) is 4. The second kappa shape index (κ2) is 15.3. The minimum atomic E-state index is -2.93. The van der Waals surface area contributed by atoms with Crippen LogP contribution in [0.1, 0.15) is 25.8 Å². The van der Waals surface area contributed by atoms with Crippen LogP contribution in [0, 0.1) is 0 Å². The summed E-state index contributed by atoms with van der Waals surface area (Å²) in [4.78, 5) is 25.3. The molecule has 1 amide bonds. The van der Waals surface area contributed by atoms with Gasteiger partial charge in [-0.05, 0) is 48.9 Å². The molecule has 0 saturated carbocycles. The molecule has 0 spiro atoms. The molecule has 1 unspecified atom stereocenters. The van der Waals surface area contributed by atoms with Gasteiger partial charge in [-0.15, -0.1) is 0 Å². The number of carboxylic acid groups (broad SMARTS) is 1. The summed E-state index contributed by atoms with van der Waals surface area (Å²) in [6.45, 7) is 2.76. The number of alkyl halides is 2. The van der Waals surface area contributed by atoms with Crippen LogP contribution in [0.15, 0.2) is 48.5 Å². The average molecular weight is 544 g/mol. The SMILES string of the molecule is CCOC(Cc1ccc(OCCN(CCOCC(F)(F)CC)C(=O)Oc2ccc(Cl)cc2)cc1)C(=O)O. The third-order valence-corrected chi connectivity index (χ3v) is 5.48. The highest BCUT2D eigenvalue weighted by atomic mass is 35.5. The summed E-state index contributed by atoms with van der Waals surface area (Å²) >= 11 is 5.86. The standard InChI is InChI=1S/C26H32ClF2NO7/c1-3-26(28,29)18-34-15-13-30(25(33)37-22-11-7-20(27)8-12-22)14-16-36-21-9-5-19(6-10-21)17-23(24(31)32)35-4-2/h5-12,23H,3-4,13-18H2,1-2H3,(H,31,32). The highest BCUT2D eigenvalue weighted by Gasteiger charge is 2.26. The normalized spacial score (nSPS) is 12.1. The van der Waals surface area contributed by atoms with Crippen LogP contribution in [0.3, 0.4) is 0 Å². The Bertz CT molecular complexity index is 974. The molecule has 0 aliphatic carbocycles. The van der Waals surface area contributed by atoms with E-state index in [2.05, 4.69) is 0 Å². The lowest BCUT2D eigenvalue weighted by molar-refractivity contribution is -0.149. The molecule has 2 aromatic rings. The topological polar surface area (TPSA) is 94.5 Å². The van der Waals surface area contributed by atoms with Gasteiger partial charge in [-0.3, -0.25) is 0 Å². The number of nitrogens with zero attached hydrogens (tertiary/aromatic N) is 1. The van der Waals surface area contributed by atoms with Gasteiger partial charge in [0.2, 0.25) is 0 Å². The molecule has 0 aromatic heterocycles. The van der Waals surface area contributed by atoms with Crippen molar-refractivity contribution in [3.8, 4) is 11.5 Å². The van der Waals surface area contributed by atoms with Crippen LogP contribution in [0.25, 0.3) is 0 Å². The molecular weight excluding hydrogens is 512 g/mol. The van der Waals surface area contributed by atoms with Crippen LogP contribution in [0.4, 0.5) is 13.6 Å². The van der Waals surface area contributed by atoms with Crippen molar-refractivity contribution in [1.82, 2.24) is 4.90 Å². The van der Waals surface area contributed by atoms with Crippen molar-refractivity contribution in [2.24, 2.45) is 0 Å². The van der Waals surface area contributed by atoms with Crippen LogP contribution < -0.4 is 9.47 Å². The smallest absolute Gasteiger partial charge is 0.415 e. The lowest BCUT2D eigenvalue weighted by atomic mass is 10.1. The first-order valence-electron chi connectivity index (χ1n) is 11.9. The first kappa shape index (κ1) is 30.3. The summed E-state index contributed by atoms with van der Waals surface area (Å²) in [5, 5.41) is 9.71. The van der Waals surface area contributed by atoms with E-state index in [4.69, 9.17) is 30.5 Å². The summed E-state index contributed by atoms with van der Waals surface area (Å²) in [6.07, 6.45) is -1.76. The summed E-state index contributed by atoms with van der Waals surface area (Å²) in [5.74, 6) is -3.18. The molecule has 0 aliphatic rings. The Labute approximate surface area is 220 Å². The number of hydrogen-bond donors (Lipinski definition) is 1. The molecule has 204 valence electrons.